The fourth-order valence-corrected chi connectivity index (χ4v) is 2.11. The van der Waals surface area contributed by atoms with Crippen LogP contribution in [0.1, 0.15) is 18.7 Å². The molecule has 0 aliphatic rings. The highest BCUT2D eigenvalue weighted by Gasteiger charge is 2.40. The van der Waals surface area contributed by atoms with E-state index in [0.717, 1.165) is 17.8 Å². The van der Waals surface area contributed by atoms with Gasteiger partial charge in [0.15, 0.2) is 5.82 Å². The van der Waals surface area contributed by atoms with E-state index in [0.29, 0.717) is 9.22 Å². The van der Waals surface area contributed by atoms with Gasteiger partial charge in [-0.1, -0.05) is 0 Å². The molecule has 0 unspecified atom stereocenters. The molecular formula is C8H7F3IN5. The van der Waals surface area contributed by atoms with Gasteiger partial charge in [-0.25, -0.2) is 14.5 Å². The van der Waals surface area contributed by atoms with Gasteiger partial charge in [0.1, 0.15) is 27.3 Å². The molecule has 0 saturated heterocycles. The summed E-state index contributed by atoms with van der Waals surface area (Å²) < 4.78 is 39.4. The molecule has 0 aliphatic heterocycles. The van der Waals surface area contributed by atoms with Gasteiger partial charge in [0, 0.05) is 0 Å². The molecule has 5 nitrogen and oxygen atoms in total. The molecule has 2 N–H and O–H groups in total. The van der Waals surface area contributed by atoms with E-state index in [9.17, 15) is 13.2 Å². The predicted octanol–water partition coefficient (Wildman–Crippen LogP) is 1.98. The van der Waals surface area contributed by atoms with Crippen LogP contribution in [0.4, 0.5) is 19.0 Å². The summed E-state index contributed by atoms with van der Waals surface area (Å²) in [6, 6.07) is 0. The van der Waals surface area contributed by atoms with Crippen LogP contribution in [0.25, 0.3) is 5.52 Å². The van der Waals surface area contributed by atoms with Crippen LogP contribution in [-0.2, 0) is 0 Å². The third-order valence-electron chi connectivity index (χ3n) is 2.32. The number of nitrogens with two attached hydrogens (primary N) is 1. The van der Waals surface area contributed by atoms with Crippen LogP contribution in [0, 0.1) is 3.70 Å². The summed E-state index contributed by atoms with van der Waals surface area (Å²) in [6.07, 6.45) is -3.27. The van der Waals surface area contributed by atoms with Crippen LogP contribution in [0.2, 0.25) is 0 Å². The van der Waals surface area contributed by atoms with Gasteiger partial charge in [-0.3, -0.25) is 0 Å². The first-order chi connectivity index (χ1) is 7.82. The maximum atomic E-state index is 12.6. The van der Waals surface area contributed by atoms with Crippen LogP contribution in [-0.4, -0.2) is 25.8 Å². The summed E-state index contributed by atoms with van der Waals surface area (Å²) in [4.78, 5) is 7.59. The zero-order valence-corrected chi connectivity index (χ0v) is 10.7. The van der Waals surface area contributed by atoms with Crippen LogP contribution in [0.3, 0.4) is 0 Å². The molecule has 0 radical (unpaired) electrons. The molecule has 2 aromatic rings. The van der Waals surface area contributed by atoms with Gasteiger partial charge in [0.25, 0.3) is 0 Å². The highest BCUT2D eigenvalue weighted by Crippen LogP contribution is 2.34. The Bertz CT molecular complexity index is 564. The van der Waals surface area contributed by atoms with E-state index in [1.807, 2.05) is 0 Å². The number of hydrogen-bond donors (Lipinski definition) is 1. The second-order valence-corrected chi connectivity index (χ2v) is 4.45. The number of halogens is 4. The number of alkyl halides is 3. The Morgan fingerprint density at radius 1 is 1.47 bits per heavy atom. The van der Waals surface area contributed by atoms with Gasteiger partial charge < -0.3 is 5.73 Å². The molecule has 2 aromatic heterocycles. The molecule has 0 bridgehead atoms. The summed E-state index contributed by atoms with van der Waals surface area (Å²) in [7, 11) is 0. The number of fused-ring (bicyclic) bond motifs is 1. The Balaban J connectivity index is 2.68. The smallest absolute Gasteiger partial charge is 0.382 e. The Labute approximate surface area is 107 Å². The van der Waals surface area contributed by atoms with Crippen molar-refractivity contribution in [3.05, 3.63) is 15.9 Å². The fraction of sp³-hybridized carbons (Fsp3) is 0.375. The zero-order chi connectivity index (χ0) is 12.8. The number of nitrogens with zero attached hydrogens (tertiary/aromatic N) is 4. The number of aromatic nitrogens is 4. The molecule has 9 heteroatoms. The fourth-order valence-electron chi connectivity index (χ4n) is 1.36. The van der Waals surface area contributed by atoms with E-state index < -0.39 is 12.1 Å². The van der Waals surface area contributed by atoms with Crippen molar-refractivity contribution in [1.82, 2.24) is 19.6 Å². The lowest BCUT2D eigenvalue weighted by atomic mass is 10.1. The van der Waals surface area contributed by atoms with Gasteiger partial charge in [-0.15, -0.1) is 0 Å². The van der Waals surface area contributed by atoms with E-state index >= 15 is 0 Å². The van der Waals surface area contributed by atoms with Gasteiger partial charge in [-0.05, 0) is 29.5 Å². The number of rotatable bonds is 1. The van der Waals surface area contributed by atoms with Crippen molar-refractivity contribution in [3.8, 4) is 0 Å². The quantitative estimate of drug-likeness (QED) is 0.793. The first-order valence-corrected chi connectivity index (χ1v) is 5.61. The maximum Gasteiger partial charge on any atom is 0.398 e. The van der Waals surface area contributed by atoms with E-state index in [4.69, 9.17) is 5.73 Å². The SMILES string of the molecule is C[C@H](c1nc(I)c2c(N)ncnn12)C(F)(F)F. The topological polar surface area (TPSA) is 69.1 Å². The van der Waals surface area contributed by atoms with Gasteiger partial charge >= 0.3 is 6.18 Å². The van der Waals surface area contributed by atoms with Crippen molar-refractivity contribution < 1.29 is 13.2 Å². The minimum absolute atomic E-state index is 0.109. The minimum atomic E-state index is -4.37. The molecule has 0 aliphatic carbocycles. The summed E-state index contributed by atoms with van der Waals surface area (Å²) in [5, 5.41) is 3.76. The lowest BCUT2D eigenvalue weighted by Gasteiger charge is -2.13. The zero-order valence-electron chi connectivity index (χ0n) is 8.53. The summed E-state index contributed by atoms with van der Waals surface area (Å²) >= 11 is 1.81. The van der Waals surface area contributed by atoms with Crippen LogP contribution in [0.5, 0.6) is 0 Å². The Morgan fingerprint density at radius 2 is 2.12 bits per heavy atom. The van der Waals surface area contributed by atoms with E-state index in [1.54, 1.807) is 22.6 Å². The predicted molar refractivity (Wildman–Crippen MR) is 62.4 cm³/mol. The average molecular weight is 357 g/mol. The Morgan fingerprint density at radius 3 is 2.71 bits per heavy atom. The normalized spacial score (nSPS) is 14.2. The Kier molecular flexibility index (Phi) is 2.87. The molecule has 0 aromatic carbocycles. The van der Waals surface area contributed by atoms with Crippen LogP contribution < -0.4 is 5.73 Å². The highest BCUT2D eigenvalue weighted by atomic mass is 127. The molecule has 17 heavy (non-hydrogen) atoms. The maximum absolute atomic E-state index is 12.6. The first-order valence-electron chi connectivity index (χ1n) is 4.53. The van der Waals surface area contributed by atoms with Gasteiger partial charge in [0.2, 0.25) is 0 Å². The Hall–Kier alpha value is -1.13. The third-order valence-corrected chi connectivity index (χ3v) is 3.07. The molecule has 0 fully saturated rings. The molecule has 1 atom stereocenters. The van der Waals surface area contributed by atoms with Crippen molar-refractivity contribution >= 4 is 33.9 Å². The van der Waals surface area contributed by atoms with Gasteiger partial charge in [-0.2, -0.15) is 18.3 Å². The second-order valence-electron chi connectivity index (χ2n) is 3.43. The van der Waals surface area contributed by atoms with Crippen molar-refractivity contribution in [1.29, 1.82) is 0 Å². The van der Waals surface area contributed by atoms with Crippen molar-refractivity contribution in [2.24, 2.45) is 0 Å². The van der Waals surface area contributed by atoms with Crippen LogP contribution >= 0.6 is 22.6 Å². The van der Waals surface area contributed by atoms with Crippen LogP contribution in [0.15, 0.2) is 6.33 Å². The monoisotopic (exact) mass is 357 g/mol. The van der Waals surface area contributed by atoms with Gasteiger partial charge in [0.05, 0.1) is 0 Å². The number of nitrogen functional groups attached to an aromatic ring is 1. The van der Waals surface area contributed by atoms with Crippen molar-refractivity contribution in [2.75, 3.05) is 5.73 Å². The van der Waals surface area contributed by atoms with Crippen molar-refractivity contribution in [2.45, 2.75) is 19.0 Å². The first kappa shape index (κ1) is 12.3. The molecular weight excluding hydrogens is 350 g/mol. The molecule has 0 amide bonds. The molecule has 2 rings (SSSR count). The minimum Gasteiger partial charge on any atom is -0.382 e. The third kappa shape index (κ3) is 2.03. The van der Waals surface area contributed by atoms with Crippen molar-refractivity contribution in [3.63, 3.8) is 0 Å². The average Bonchev–Trinajstić information content (AvgIpc) is 2.55. The summed E-state index contributed by atoms with van der Waals surface area (Å²) in [5.41, 5.74) is 5.89. The molecule has 2 heterocycles. The molecule has 92 valence electrons. The summed E-state index contributed by atoms with van der Waals surface area (Å²) in [6.45, 7) is 1.03. The summed E-state index contributed by atoms with van der Waals surface area (Å²) in [5.74, 6) is -1.80. The standard InChI is InChI=1S/C8H7F3IN5/c1-3(8(9,10)11)7-16-5(12)4-6(13)14-2-15-17(4)7/h2-3H,1H3,(H2,13,14,15)/t3-/m1/s1. The number of hydrogen-bond acceptors (Lipinski definition) is 4. The largest absolute Gasteiger partial charge is 0.398 e. The molecule has 0 spiro atoms. The lowest BCUT2D eigenvalue weighted by Crippen LogP contribution is -2.20. The van der Waals surface area contributed by atoms with E-state index in [1.165, 1.54) is 0 Å². The lowest BCUT2D eigenvalue weighted by molar-refractivity contribution is -0.148. The van der Waals surface area contributed by atoms with E-state index in [2.05, 4.69) is 15.1 Å². The highest BCUT2D eigenvalue weighted by molar-refractivity contribution is 14.1. The number of anilines is 1. The molecule has 0 saturated carbocycles. The second kappa shape index (κ2) is 3.96. The number of imidazole rings is 1. The van der Waals surface area contributed by atoms with E-state index in [-0.39, 0.29) is 11.6 Å².